The molecule has 0 aliphatic carbocycles. The number of benzene rings is 2. The molecule has 0 spiro atoms. The zero-order valence-electron chi connectivity index (χ0n) is 17.0. The Labute approximate surface area is 179 Å². The third kappa shape index (κ3) is 3.74. The maximum Gasteiger partial charge on any atom is 0.190 e. The Morgan fingerprint density at radius 1 is 1.07 bits per heavy atom. The molecule has 2 N–H and O–H groups in total. The summed E-state index contributed by atoms with van der Waals surface area (Å²) in [6.45, 7) is 2.20. The quantitative estimate of drug-likeness (QED) is 0.476. The molecule has 4 aromatic rings. The van der Waals surface area contributed by atoms with E-state index < -0.39 is 11.2 Å². The fourth-order valence-electron chi connectivity index (χ4n) is 4.16. The van der Waals surface area contributed by atoms with Crippen LogP contribution in [0.25, 0.3) is 27.9 Å². The second-order valence-electron chi connectivity index (χ2n) is 7.84. The molecule has 3 heterocycles. The molecule has 1 aliphatic heterocycles. The highest BCUT2D eigenvalue weighted by Gasteiger charge is 2.17. The SMILES string of the molecule is C[S+](O)c1cccc(-c2cnn3cc(-c4ccc(C5CCCNC5)cc4)cnc23)c1. The van der Waals surface area contributed by atoms with Crippen LogP contribution in [0.2, 0.25) is 0 Å². The molecule has 0 saturated carbocycles. The van der Waals surface area contributed by atoms with Gasteiger partial charge in [-0.05, 0) is 48.1 Å². The van der Waals surface area contributed by atoms with E-state index in [-0.39, 0.29) is 0 Å². The van der Waals surface area contributed by atoms with Crippen LogP contribution in [-0.2, 0) is 11.2 Å². The van der Waals surface area contributed by atoms with Gasteiger partial charge < -0.3 is 5.32 Å². The van der Waals surface area contributed by atoms with E-state index in [9.17, 15) is 4.55 Å². The van der Waals surface area contributed by atoms with Crippen molar-refractivity contribution in [3.8, 4) is 22.3 Å². The average molecular weight is 418 g/mol. The van der Waals surface area contributed by atoms with Crippen LogP contribution in [0.4, 0.5) is 0 Å². The summed E-state index contributed by atoms with van der Waals surface area (Å²) in [7, 11) is 0. The summed E-state index contributed by atoms with van der Waals surface area (Å²) in [4.78, 5) is 5.62. The van der Waals surface area contributed by atoms with Gasteiger partial charge in [0.1, 0.15) is 6.26 Å². The van der Waals surface area contributed by atoms with Gasteiger partial charge in [-0.25, -0.2) is 9.50 Å². The number of fused-ring (bicyclic) bond motifs is 1. The zero-order valence-corrected chi connectivity index (χ0v) is 17.8. The highest BCUT2D eigenvalue weighted by Crippen LogP contribution is 2.29. The molecule has 0 bridgehead atoms. The Kier molecular flexibility index (Phi) is 5.29. The van der Waals surface area contributed by atoms with Gasteiger partial charge in [-0.3, -0.25) is 0 Å². The number of hydrogen-bond acceptors (Lipinski definition) is 4. The van der Waals surface area contributed by atoms with Crippen LogP contribution < -0.4 is 5.32 Å². The first-order chi connectivity index (χ1) is 14.7. The molecule has 1 aliphatic rings. The van der Waals surface area contributed by atoms with Gasteiger partial charge >= 0.3 is 0 Å². The highest BCUT2D eigenvalue weighted by molar-refractivity contribution is 7.90. The van der Waals surface area contributed by atoms with Crippen LogP contribution in [0, 0.1) is 0 Å². The largest absolute Gasteiger partial charge is 0.316 e. The molecule has 152 valence electrons. The highest BCUT2D eigenvalue weighted by atomic mass is 32.2. The minimum atomic E-state index is -0.769. The second-order valence-corrected chi connectivity index (χ2v) is 9.27. The fraction of sp³-hybridized carbons (Fsp3) is 0.250. The van der Waals surface area contributed by atoms with Crippen molar-refractivity contribution in [2.45, 2.75) is 23.7 Å². The van der Waals surface area contributed by atoms with E-state index in [1.165, 1.54) is 18.4 Å². The lowest BCUT2D eigenvalue weighted by atomic mass is 9.91. The van der Waals surface area contributed by atoms with E-state index in [0.29, 0.717) is 5.92 Å². The fourth-order valence-corrected chi connectivity index (χ4v) is 4.73. The van der Waals surface area contributed by atoms with Crippen molar-refractivity contribution < 1.29 is 4.55 Å². The van der Waals surface area contributed by atoms with Crippen LogP contribution >= 0.6 is 0 Å². The van der Waals surface area contributed by atoms with Crippen molar-refractivity contribution in [3.63, 3.8) is 0 Å². The summed E-state index contributed by atoms with van der Waals surface area (Å²) in [5.41, 5.74) is 6.39. The Morgan fingerprint density at radius 2 is 1.93 bits per heavy atom. The van der Waals surface area contributed by atoms with Crippen molar-refractivity contribution in [3.05, 3.63) is 72.7 Å². The van der Waals surface area contributed by atoms with Crippen LogP contribution in [-0.4, -0.2) is 38.5 Å². The standard InChI is InChI=1S/C24H25N4OS/c1-30(29)22-6-2-4-19(12-22)23-15-27-28-16-21(14-26-24(23)28)18-9-7-17(8-10-18)20-5-3-11-25-13-20/h2,4,6-10,12,14-16,20,25,29H,3,5,11,13H2,1H3/q+1. The van der Waals surface area contributed by atoms with Crippen molar-refractivity contribution >= 4 is 16.8 Å². The molecule has 2 unspecified atom stereocenters. The summed E-state index contributed by atoms with van der Waals surface area (Å²) in [6, 6.07) is 16.8. The van der Waals surface area contributed by atoms with Crippen molar-refractivity contribution in [2.75, 3.05) is 19.3 Å². The van der Waals surface area contributed by atoms with E-state index >= 15 is 0 Å². The summed E-state index contributed by atoms with van der Waals surface area (Å²) >= 11 is -0.769. The Balaban J connectivity index is 1.44. The molecule has 1 fully saturated rings. The first-order valence-electron chi connectivity index (χ1n) is 10.3. The van der Waals surface area contributed by atoms with Crippen LogP contribution in [0.1, 0.15) is 24.3 Å². The smallest absolute Gasteiger partial charge is 0.190 e. The number of piperidine rings is 1. The van der Waals surface area contributed by atoms with E-state index in [1.807, 2.05) is 47.4 Å². The van der Waals surface area contributed by atoms with Gasteiger partial charge in [0.05, 0.1) is 6.20 Å². The van der Waals surface area contributed by atoms with Gasteiger partial charge in [0.2, 0.25) is 0 Å². The number of nitrogens with one attached hydrogen (secondary N) is 1. The van der Waals surface area contributed by atoms with Crippen LogP contribution in [0.5, 0.6) is 0 Å². The lowest BCUT2D eigenvalue weighted by Gasteiger charge is -2.23. The average Bonchev–Trinajstić information content (AvgIpc) is 3.23. The zero-order chi connectivity index (χ0) is 20.5. The molecule has 2 atom stereocenters. The maximum atomic E-state index is 9.91. The van der Waals surface area contributed by atoms with Crippen LogP contribution in [0.15, 0.2) is 72.0 Å². The van der Waals surface area contributed by atoms with Gasteiger partial charge in [-0.1, -0.05) is 36.4 Å². The topological polar surface area (TPSA) is 62.5 Å². The van der Waals surface area contributed by atoms with Crippen molar-refractivity contribution in [2.24, 2.45) is 0 Å². The van der Waals surface area contributed by atoms with E-state index in [4.69, 9.17) is 4.98 Å². The lowest BCUT2D eigenvalue weighted by molar-refractivity contribution is 0.461. The van der Waals surface area contributed by atoms with Crippen molar-refractivity contribution in [1.29, 1.82) is 0 Å². The first-order valence-corrected chi connectivity index (χ1v) is 11.9. The molecule has 5 nitrogen and oxygen atoms in total. The monoisotopic (exact) mass is 417 g/mol. The minimum absolute atomic E-state index is 0.611. The van der Waals surface area contributed by atoms with Gasteiger partial charge in [0, 0.05) is 36.1 Å². The maximum absolute atomic E-state index is 9.91. The number of hydrogen-bond donors (Lipinski definition) is 2. The summed E-state index contributed by atoms with van der Waals surface area (Å²) < 4.78 is 11.7. The molecule has 2 aromatic heterocycles. The van der Waals surface area contributed by atoms with Crippen LogP contribution in [0.3, 0.4) is 0 Å². The van der Waals surface area contributed by atoms with E-state index in [1.54, 1.807) is 6.26 Å². The molecule has 5 rings (SSSR count). The Morgan fingerprint density at radius 3 is 2.70 bits per heavy atom. The van der Waals surface area contributed by atoms with Gasteiger partial charge in [-0.15, -0.1) is 0 Å². The number of rotatable bonds is 4. The van der Waals surface area contributed by atoms with Gasteiger partial charge in [0.15, 0.2) is 21.7 Å². The van der Waals surface area contributed by atoms with Crippen molar-refractivity contribution in [1.82, 2.24) is 19.9 Å². The molecule has 0 amide bonds. The third-order valence-electron chi connectivity index (χ3n) is 5.85. The summed E-state index contributed by atoms with van der Waals surface area (Å²) in [5.74, 6) is 0.611. The lowest BCUT2D eigenvalue weighted by Crippen LogP contribution is -2.28. The Hall–Kier alpha value is -2.67. The van der Waals surface area contributed by atoms with Gasteiger partial charge in [-0.2, -0.15) is 9.65 Å². The van der Waals surface area contributed by atoms with Gasteiger partial charge in [0.25, 0.3) is 0 Å². The third-order valence-corrected chi connectivity index (χ3v) is 6.79. The molecule has 30 heavy (non-hydrogen) atoms. The molecule has 1 saturated heterocycles. The minimum Gasteiger partial charge on any atom is -0.316 e. The first kappa shape index (κ1) is 19.3. The predicted molar refractivity (Wildman–Crippen MR) is 123 cm³/mol. The molecule has 2 aromatic carbocycles. The summed E-state index contributed by atoms with van der Waals surface area (Å²) in [6.07, 6.45) is 10.1. The number of nitrogens with zero attached hydrogens (tertiary/aromatic N) is 3. The normalized spacial score (nSPS) is 17.9. The summed E-state index contributed by atoms with van der Waals surface area (Å²) in [5, 5.41) is 8.02. The Bertz CT molecular complexity index is 1160. The number of aromatic nitrogens is 3. The molecular weight excluding hydrogens is 392 g/mol. The van der Waals surface area contributed by atoms with E-state index in [2.05, 4.69) is 34.7 Å². The molecule has 6 heteroatoms. The molecule has 0 radical (unpaired) electrons. The molecular formula is C24H25N4OS+. The van der Waals surface area contributed by atoms with E-state index in [0.717, 1.165) is 45.9 Å². The second kappa shape index (κ2) is 8.22. The predicted octanol–water partition coefficient (Wildman–Crippen LogP) is 4.61.